The number of aromatic nitrogens is 1. The van der Waals surface area contributed by atoms with E-state index >= 15 is 0 Å². The Morgan fingerprint density at radius 3 is 2.80 bits per heavy atom. The van der Waals surface area contributed by atoms with Crippen molar-refractivity contribution in [2.75, 3.05) is 18.5 Å². The second kappa shape index (κ2) is 4.75. The predicted octanol–water partition coefficient (Wildman–Crippen LogP) is 0.597. The van der Waals surface area contributed by atoms with Gasteiger partial charge in [0.1, 0.15) is 5.82 Å². The minimum Gasteiger partial charge on any atom is -0.477 e. The number of rotatable bonds is 4. The van der Waals surface area contributed by atoms with Crippen molar-refractivity contribution in [1.82, 2.24) is 4.98 Å². The quantitative estimate of drug-likeness (QED) is 0.761. The summed E-state index contributed by atoms with van der Waals surface area (Å²) in [5.41, 5.74) is 0.00458. The molecule has 0 saturated carbocycles. The van der Waals surface area contributed by atoms with Crippen LogP contribution in [0, 0.1) is 0 Å². The highest BCUT2D eigenvalue weighted by atomic mass is 16.4. The lowest BCUT2D eigenvalue weighted by Crippen LogP contribution is -2.27. The molecule has 0 aliphatic rings. The van der Waals surface area contributed by atoms with Gasteiger partial charge in [0.15, 0.2) is 5.69 Å². The van der Waals surface area contributed by atoms with Crippen molar-refractivity contribution in [2.24, 2.45) is 0 Å². The first-order valence-corrected chi connectivity index (χ1v) is 4.60. The lowest BCUT2D eigenvalue weighted by atomic mass is 10.3. The van der Waals surface area contributed by atoms with Crippen LogP contribution < -0.4 is 4.90 Å². The van der Waals surface area contributed by atoms with E-state index in [1.807, 2.05) is 0 Å². The molecule has 1 rings (SSSR count). The molecule has 0 amide bonds. The lowest BCUT2D eigenvalue weighted by Gasteiger charge is -2.19. The van der Waals surface area contributed by atoms with Crippen LogP contribution in [-0.4, -0.2) is 40.9 Å². The third kappa shape index (κ3) is 3.21. The lowest BCUT2D eigenvalue weighted by molar-refractivity contribution is 0.0690. The van der Waals surface area contributed by atoms with Crippen LogP contribution in [0.1, 0.15) is 17.4 Å². The van der Waals surface area contributed by atoms with Gasteiger partial charge in [-0.25, -0.2) is 9.78 Å². The van der Waals surface area contributed by atoms with Crippen molar-refractivity contribution >= 4 is 11.8 Å². The van der Waals surface area contributed by atoms with Gasteiger partial charge in [0.05, 0.1) is 6.10 Å². The summed E-state index contributed by atoms with van der Waals surface area (Å²) < 4.78 is 0. The number of anilines is 1. The van der Waals surface area contributed by atoms with Gasteiger partial charge in [0.2, 0.25) is 0 Å². The maximum absolute atomic E-state index is 10.7. The molecule has 5 heteroatoms. The molecule has 1 aromatic heterocycles. The van der Waals surface area contributed by atoms with Crippen LogP contribution in [0.15, 0.2) is 18.2 Å². The molecule has 1 aromatic rings. The Balaban J connectivity index is 2.85. The number of likely N-dealkylation sites (N-methyl/N-ethyl adjacent to an activating group) is 1. The number of aromatic carboxylic acids is 1. The minimum absolute atomic E-state index is 0.00458. The number of carboxylic acids is 1. The van der Waals surface area contributed by atoms with Crippen molar-refractivity contribution in [1.29, 1.82) is 0 Å². The fourth-order valence-corrected chi connectivity index (χ4v) is 1.24. The van der Waals surface area contributed by atoms with Crippen LogP contribution in [0.2, 0.25) is 0 Å². The maximum Gasteiger partial charge on any atom is 0.354 e. The number of hydrogen-bond acceptors (Lipinski definition) is 4. The van der Waals surface area contributed by atoms with Crippen LogP contribution in [-0.2, 0) is 0 Å². The summed E-state index contributed by atoms with van der Waals surface area (Å²) in [6.45, 7) is 2.08. The van der Waals surface area contributed by atoms with E-state index in [9.17, 15) is 9.90 Å². The minimum atomic E-state index is -1.05. The zero-order valence-corrected chi connectivity index (χ0v) is 8.71. The van der Waals surface area contributed by atoms with E-state index in [0.29, 0.717) is 12.4 Å². The number of pyridine rings is 1. The van der Waals surface area contributed by atoms with E-state index in [1.165, 1.54) is 6.07 Å². The van der Waals surface area contributed by atoms with Gasteiger partial charge in [-0.05, 0) is 19.1 Å². The van der Waals surface area contributed by atoms with Gasteiger partial charge in [0, 0.05) is 13.6 Å². The molecule has 2 N–H and O–H groups in total. The zero-order valence-electron chi connectivity index (χ0n) is 8.71. The Morgan fingerprint density at radius 1 is 1.60 bits per heavy atom. The number of nitrogens with zero attached hydrogens (tertiary/aromatic N) is 2. The first-order valence-electron chi connectivity index (χ1n) is 4.60. The summed E-state index contributed by atoms with van der Waals surface area (Å²) in [4.78, 5) is 16.3. The van der Waals surface area contributed by atoms with Crippen LogP contribution in [0.5, 0.6) is 0 Å². The van der Waals surface area contributed by atoms with E-state index in [-0.39, 0.29) is 5.69 Å². The fraction of sp³-hybridized carbons (Fsp3) is 0.400. The van der Waals surface area contributed by atoms with Crippen molar-refractivity contribution < 1.29 is 15.0 Å². The van der Waals surface area contributed by atoms with Gasteiger partial charge in [0.25, 0.3) is 0 Å². The van der Waals surface area contributed by atoms with Crippen LogP contribution in [0.25, 0.3) is 0 Å². The fourth-order valence-electron chi connectivity index (χ4n) is 1.24. The Hall–Kier alpha value is -1.62. The zero-order chi connectivity index (χ0) is 11.4. The summed E-state index contributed by atoms with van der Waals surface area (Å²) in [5, 5.41) is 17.9. The van der Waals surface area contributed by atoms with Crippen LogP contribution >= 0.6 is 0 Å². The molecule has 1 heterocycles. The molecule has 5 nitrogen and oxygen atoms in total. The molecule has 0 aliphatic heterocycles. The molecule has 0 saturated heterocycles. The second-order valence-electron chi connectivity index (χ2n) is 3.42. The van der Waals surface area contributed by atoms with Crippen molar-refractivity contribution in [3.63, 3.8) is 0 Å². The summed E-state index contributed by atoms with van der Waals surface area (Å²) in [6.07, 6.45) is -0.481. The van der Waals surface area contributed by atoms with Crippen molar-refractivity contribution in [3.8, 4) is 0 Å². The number of carboxylic acid groups (broad SMARTS) is 1. The van der Waals surface area contributed by atoms with Gasteiger partial charge in [-0.15, -0.1) is 0 Å². The first-order chi connectivity index (χ1) is 7.00. The molecule has 0 aliphatic carbocycles. The summed E-state index contributed by atoms with van der Waals surface area (Å²) >= 11 is 0. The first kappa shape index (κ1) is 11.5. The summed E-state index contributed by atoms with van der Waals surface area (Å²) in [7, 11) is 1.75. The van der Waals surface area contributed by atoms with Gasteiger partial charge >= 0.3 is 5.97 Å². The Morgan fingerprint density at radius 2 is 2.27 bits per heavy atom. The Labute approximate surface area is 88.0 Å². The van der Waals surface area contributed by atoms with E-state index in [0.717, 1.165) is 0 Å². The van der Waals surface area contributed by atoms with E-state index < -0.39 is 12.1 Å². The number of aliphatic hydroxyl groups is 1. The number of aliphatic hydroxyl groups excluding tert-OH is 1. The topological polar surface area (TPSA) is 73.7 Å². The van der Waals surface area contributed by atoms with Crippen LogP contribution in [0.4, 0.5) is 5.82 Å². The van der Waals surface area contributed by atoms with Gasteiger partial charge < -0.3 is 15.1 Å². The van der Waals surface area contributed by atoms with Crippen molar-refractivity contribution in [3.05, 3.63) is 23.9 Å². The number of hydrogen-bond donors (Lipinski definition) is 2. The monoisotopic (exact) mass is 210 g/mol. The van der Waals surface area contributed by atoms with Gasteiger partial charge in [-0.2, -0.15) is 0 Å². The Bertz CT molecular complexity index is 352. The smallest absolute Gasteiger partial charge is 0.354 e. The number of carbonyl (C=O) groups is 1. The van der Waals surface area contributed by atoms with Gasteiger partial charge in [-0.1, -0.05) is 6.07 Å². The molecule has 0 bridgehead atoms. The maximum atomic E-state index is 10.7. The van der Waals surface area contributed by atoms with E-state index in [1.54, 1.807) is 31.0 Å². The van der Waals surface area contributed by atoms with Crippen LogP contribution in [0.3, 0.4) is 0 Å². The summed E-state index contributed by atoms with van der Waals surface area (Å²) in [5.74, 6) is -0.516. The molecule has 0 radical (unpaired) electrons. The predicted molar refractivity (Wildman–Crippen MR) is 56.1 cm³/mol. The molecule has 0 unspecified atom stereocenters. The summed E-state index contributed by atoms with van der Waals surface area (Å²) in [6, 6.07) is 4.77. The van der Waals surface area contributed by atoms with Gasteiger partial charge in [-0.3, -0.25) is 0 Å². The molecule has 0 fully saturated rings. The highest BCUT2D eigenvalue weighted by Crippen LogP contribution is 2.09. The van der Waals surface area contributed by atoms with E-state index in [2.05, 4.69) is 4.98 Å². The third-order valence-electron chi connectivity index (χ3n) is 1.88. The average Bonchev–Trinajstić information content (AvgIpc) is 2.17. The SMILES string of the molecule is C[C@@H](O)CN(C)c1cccc(C(=O)O)n1. The molecular formula is C10H14N2O3. The normalized spacial score (nSPS) is 12.2. The molecular weight excluding hydrogens is 196 g/mol. The molecule has 82 valence electrons. The van der Waals surface area contributed by atoms with E-state index in [4.69, 9.17) is 5.11 Å². The molecule has 0 spiro atoms. The molecule has 15 heavy (non-hydrogen) atoms. The molecule has 0 aromatic carbocycles. The molecule has 1 atom stereocenters. The highest BCUT2D eigenvalue weighted by molar-refractivity contribution is 5.85. The standard InChI is InChI=1S/C10H14N2O3/c1-7(13)6-12(2)9-5-3-4-8(11-9)10(14)15/h3-5,7,13H,6H2,1-2H3,(H,14,15)/t7-/m1/s1. The Kier molecular flexibility index (Phi) is 3.62. The van der Waals surface area contributed by atoms with Crippen molar-refractivity contribution in [2.45, 2.75) is 13.0 Å². The third-order valence-corrected chi connectivity index (χ3v) is 1.88. The largest absolute Gasteiger partial charge is 0.477 e. The second-order valence-corrected chi connectivity index (χ2v) is 3.42. The average molecular weight is 210 g/mol. The highest BCUT2D eigenvalue weighted by Gasteiger charge is 2.09.